The van der Waals surface area contributed by atoms with Gasteiger partial charge in [-0.25, -0.2) is 4.98 Å². The molecule has 0 spiro atoms. The molecular weight excluding hydrogens is 482 g/mol. The van der Waals surface area contributed by atoms with Gasteiger partial charge in [0.2, 0.25) is 11.8 Å². The van der Waals surface area contributed by atoms with Gasteiger partial charge < -0.3 is 14.2 Å². The molecule has 38 heavy (non-hydrogen) atoms. The van der Waals surface area contributed by atoms with Crippen LogP contribution in [0, 0.1) is 10.1 Å². The Kier molecular flexibility index (Phi) is 5.74. The summed E-state index contributed by atoms with van der Waals surface area (Å²) in [7, 11) is 0. The van der Waals surface area contributed by atoms with Gasteiger partial charge >= 0.3 is 0 Å². The third-order valence-corrected chi connectivity index (χ3v) is 6.07. The topological polar surface area (TPSA) is 111 Å². The summed E-state index contributed by atoms with van der Waals surface area (Å²) in [4.78, 5) is 28.0. The number of carbonyl (C=O) groups is 1. The van der Waals surface area contributed by atoms with Crippen molar-refractivity contribution in [1.82, 2.24) is 4.98 Å². The maximum atomic E-state index is 12.5. The number of nitrogens with one attached hydrogen (secondary N) is 1. The van der Waals surface area contributed by atoms with Crippen LogP contribution in [0.5, 0.6) is 0 Å². The number of para-hydroxylation sites is 1. The van der Waals surface area contributed by atoms with Crippen LogP contribution in [0.1, 0.15) is 5.76 Å². The van der Waals surface area contributed by atoms with Gasteiger partial charge in [0.15, 0.2) is 5.58 Å². The molecule has 2 heterocycles. The number of anilines is 1. The Morgan fingerprint density at radius 3 is 2.55 bits per heavy atom. The van der Waals surface area contributed by atoms with E-state index in [9.17, 15) is 14.9 Å². The molecule has 1 N–H and O–H groups in total. The van der Waals surface area contributed by atoms with E-state index in [0.29, 0.717) is 39.8 Å². The van der Waals surface area contributed by atoms with Gasteiger partial charge in [-0.3, -0.25) is 14.9 Å². The summed E-state index contributed by atoms with van der Waals surface area (Å²) < 4.78 is 11.7. The molecule has 0 fully saturated rings. The van der Waals surface area contributed by atoms with Gasteiger partial charge in [-0.2, -0.15) is 0 Å². The number of carbonyl (C=O) groups excluding carboxylic acids is 1. The van der Waals surface area contributed by atoms with Crippen molar-refractivity contribution in [3.8, 4) is 22.8 Å². The molecule has 0 aliphatic carbocycles. The average molecular weight is 501 g/mol. The normalized spacial score (nSPS) is 11.4. The first-order valence-electron chi connectivity index (χ1n) is 11.8. The summed E-state index contributed by atoms with van der Waals surface area (Å²) in [5.74, 6) is 0.869. The quantitative estimate of drug-likeness (QED) is 0.144. The van der Waals surface area contributed by atoms with Crippen molar-refractivity contribution in [3.63, 3.8) is 0 Å². The van der Waals surface area contributed by atoms with Crippen molar-refractivity contribution in [3.05, 3.63) is 119 Å². The molecular formula is C30H19N3O5. The van der Waals surface area contributed by atoms with Gasteiger partial charge in [0.25, 0.3) is 5.69 Å². The zero-order valence-electron chi connectivity index (χ0n) is 19.8. The Bertz CT molecular complexity index is 1860. The smallest absolute Gasteiger partial charge is 0.280 e. The minimum absolute atomic E-state index is 0.0537. The lowest BCUT2D eigenvalue weighted by atomic mass is 10.0. The van der Waals surface area contributed by atoms with Gasteiger partial charge in [0, 0.05) is 23.4 Å². The number of aromatic nitrogens is 1. The number of nitrogens with zero attached hydrogens (tertiary/aromatic N) is 2. The molecule has 184 valence electrons. The predicted molar refractivity (Wildman–Crippen MR) is 145 cm³/mol. The van der Waals surface area contributed by atoms with E-state index in [2.05, 4.69) is 10.3 Å². The molecule has 0 saturated carbocycles. The summed E-state index contributed by atoms with van der Waals surface area (Å²) >= 11 is 0. The molecule has 2 aromatic heterocycles. The molecule has 0 unspecified atom stereocenters. The first-order chi connectivity index (χ1) is 18.5. The largest absolute Gasteiger partial charge is 0.456 e. The van der Waals surface area contributed by atoms with Crippen LogP contribution < -0.4 is 5.32 Å². The highest BCUT2D eigenvalue weighted by atomic mass is 16.6. The monoisotopic (exact) mass is 501 g/mol. The molecule has 0 radical (unpaired) electrons. The first kappa shape index (κ1) is 22.9. The minimum atomic E-state index is -0.461. The van der Waals surface area contributed by atoms with Crippen molar-refractivity contribution >= 4 is 45.2 Å². The summed E-state index contributed by atoms with van der Waals surface area (Å²) in [5, 5.41) is 16.2. The number of rotatable bonds is 6. The molecule has 8 nitrogen and oxygen atoms in total. The molecule has 6 rings (SSSR count). The van der Waals surface area contributed by atoms with E-state index in [1.807, 2.05) is 42.5 Å². The highest BCUT2D eigenvalue weighted by Gasteiger charge is 2.17. The third-order valence-electron chi connectivity index (χ3n) is 6.07. The second-order valence-electron chi connectivity index (χ2n) is 8.53. The summed E-state index contributed by atoms with van der Waals surface area (Å²) in [6.07, 6.45) is 2.83. The van der Waals surface area contributed by atoms with E-state index < -0.39 is 4.92 Å². The van der Waals surface area contributed by atoms with Crippen molar-refractivity contribution < 1.29 is 18.6 Å². The van der Waals surface area contributed by atoms with Crippen LogP contribution in [0.2, 0.25) is 0 Å². The fraction of sp³-hybridized carbons (Fsp3) is 0. The number of amides is 1. The van der Waals surface area contributed by atoms with Gasteiger partial charge in [0.05, 0.1) is 10.5 Å². The molecule has 0 atom stereocenters. The number of hydrogen-bond acceptors (Lipinski definition) is 6. The van der Waals surface area contributed by atoms with Crippen molar-refractivity contribution in [1.29, 1.82) is 0 Å². The lowest BCUT2D eigenvalue weighted by Crippen LogP contribution is -2.07. The highest BCUT2D eigenvalue weighted by Crippen LogP contribution is 2.32. The van der Waals surface area contributed by atoms with E-state index >= 15 is 0 Å². The minimum Gasteiger partial charge on any atom is -0.456 e. The predicted octanol–water partition coefficient (Wildman–Crippen LogP) is 7.47. The van der Waals surface area contributed by atoms with Crippen LogP contribution in [0.25, 0.3) is 50.7 Å². The second kappa shape index (κ2) is 9.51. The fourth-order valence-corrected chi connectivity index (χ4v) is 4.30. The number of nitro groups is 1. The van der Waals surface area contributed by atoms with Crippen LogP contribution in [-0.4, -0.2) is 15.8 Å². The van der Waals surface area contributed by atoms with E-state index in [1.165, 1.54) is 18.2 Å². The van der Waals surface area contributed by atoms with Crippen molar-refractivity contribution in [2.45, 2.75) is 0 Å². The number of furan rings is 1. The van der Waals surface area contributed by atoms with Gasteiger partial charge in [0.1, 0.15) is 17.0 Å². The Morgan fingerprint density at radius 1 is 0.868 bits per heavy atom. The van der Waals surface area contributed by atoms with Crippen LogP contribution in [0.4, 0.5) is 11.4 Å². The van der Waals surface area contributed by atoms with E-state index in [-0.39, 0.29) is 11.6 Å². The van der Waals surface area contributed by atoms with Crippen molar-refractivity contribution in [2.24, 2.45) is 0 Å². The van der Waals surface area contributed by atoms with Gasteiger partial charge in [-0.15, -0.1) is 0 Å². The molecule has 8 heteroatoms. The van der Waals surface area contributed by atoms with E-state index in [4.69, 9.17) is 8.83 Å². The molecule has 0 saturated heterocycles. The standard InChI is InChI=1S/C30H19N3O5/c34-29(17-14-21-13-16-27(37-21)24-9-3-4-11-26(24)33(35)36)31-20-12-15-28-25(18-20)32-30(38-28)23-10-5-7-19-6-1-2-8-22(19)23/h1-18H,(H,31,34)/b17-14+. The molecule has 6 aromatic rings. The van der Waals surface area contributed by atoms with Crippen LogP contribution >= 0.6 is 0 Å². The summed E-state index contributed by atoms with van der Waals surface area (Å²) in [6.45, 7) is 0. The summed E-state index contributed by atoms with van der Waals surface area (Å²) in [6, 6.07) is 28.9. The zero-order valence-corrected chi connectivity index (χ0v) is 19.8. The van der Waals surface area contributed by atoms with Gasteiger partial charge in [-0.1, -0.05) is 48.5 Å². The number of hydrogen-bond donors (Lipinski definition) is 1. The Balaban J connectivity index is 1.19. The maximum absolute atomic E-state index is 12.5. The average Bonchev–Trinajstić information content (AvgIpc) is 3.58. The van der Waals surface area contributed by atoms with Crippen LogP contribution in [-0.2, 0) is 4.79 Å². The van der Waals surface area contributed by atoms with Crippen LogP contribution in [0.15, 0.2) is 112 Å². The molecule has 0 aliphatic rings. The van der Waals surface area contributed by atoms with Gasteiger partial charge in [-0.05, 0) is 59.3 Å². The first-order valence-corrected chi connectivity index (χ1v) is 11.8. The fourth-order valence-electron chi connectivity index (χ4n) is 4.30. The molecule has 1 amide bonds. The SMILES string of the molecule is O=C(/C=C/c1ccc(-c2ccccc2[N+](=O)[O-])o1)Nc1ccc2oc(-c3cccc4ccccc34)nc2c1. The lowest BCUT2D eigenvalue weighted by Gasteiger charge is -2.01. The Morgan fingerprint density at radius 2 is 1.66 bits per heavy atom. The molecule has 0 bridgehead atoms. The van der Waals surface area contributed by atoms with Crippen molar-refractivity contribution in [2.75, 3.05) is 5.32 Å². The summed E-state index contributed by atoms with van der Waals surface area (Å²) in [5.41, 5.74) is 3.00. The number of nitro benzene ring substituents is 1. The Hall–Kier alpha value is -5.50. The highest BCUT2D eigenvalue weighted by molar-refractivity contribution is 6.03. The van der Waals surface area contributed by atoms with E-state index in [1.54, 1.807) is 48.5 Å². The van der Waals surface area contributed by atoms with E-state index in [0.717, 1.165) is 16.3 Å². The third kappa shape index (κ3) is 4.42. The zero-order chi connectivity index (χ0) is 26.1. The lowest BCUT2D eigenvalue weighted by molar-refractivity contribution is -0.384. The second-order valence-corrected chi connectivity index (χ2v) is 8.53. The number of fused-ring (bicyclic) bond motifs is 2. The number of oxazole rings is 1. The number of benzene rings is 4. The molecule has 4 aromatic carbocycles. The Labute approximate surface area is 216 Å². The maximum Gasteiger partial charge on any atom is 0.280 e. The van der Waals surface area contributed by atoms with Crippen LogP contribution in [0.3, 0.4) is 0 Å². The molecule has 0 aliphatic heterocycles.